The average molecular weight is 268 g/mol. The van der Waals surface area contributed by atoms with E-state index in [4.69, 9.17) is 0 Å². The lowest BCUT2D eigenvalue weighted by molar-refractivity contribution is 0.146. The minimum Gasteiger partial charge on any atom is -0.275 e. The van der Waals surface area contributed by atoms with E-state index in [0.29, 0.717) is 11.1 Å². The van der Waals surface area contributed by atoms with Crippen molar-refractivity contribution in [2.45, 2.75) is 26.2 Å². The van der Waals surface area contributed by atoms with Gasteiger partial charge in [0.1, 0.15) is 11.5 Å². The summed E-state index contributed by atoms with van der Waals surface area (Å²) in [5.41, 5.74) is 0.947. The summed E-state index contributed by atoms with van der Waals surface area (Å²) in [6.45, 7) is 3.76. The summed E-state index contributed by atoms with van der Waals surface area (Å²) in [5.74, 6) is -0.325. The van der Waals surface area contributed by atoms with Crippen LogP contribution in [0.15, 0.2) is 24.4 Å². The fourth-order valence-corrected chi connectivity index (χ4v) is 2.05. The third-order valence-corrected chi connectivity index (χ3v) is 3.00. The first-order valence-electron chi connectivity index (χ1n) is 6.01. The fraction of sp³-hybridized carbons (Fsp3) is 0.357. The molecule has 2 nitrogen and oxygen atoms in total. The molecule has 0 N–H and O–H groups in total. The van der Waals surface area contributed by atoms with Crippen LogP contribution in [0.3, 0.4) is 0 Å². The summed E-state index contributed by atoms with van der Waals surface area (Å²) >= 11 is 0. The lowest BCUT2D eigenvalue weighted by atomic mass is 9.98. The van der Waals surface area contributed by atoms with E-state index < -0.39 is 6.43 Å². The van der Waals surface area contributed by atoms with Crippen molar-refractivity contribution in [2.75, 3.05) is 0 Å². The topological polar surface area (TPSA) is 17.8 Å². The molecule has 0 aliphatic carbocycles. The van der Waals surface area contributed by atoms with Crippen molar-refractivity contribution < 1.29 is 13.2 Å². The Morgan fingerprint density at radius 2 is 1.89 bits per heavy atom. The van der Waals surface area contributed by atoms with E-state index in [0.717, 1.165) is 0 Å². The lowest BCUT2D eigenvalue weighted by Gasteiger charge is -2.09. The molecule has 1 aromatic heterocycles. The van der Waals surface area contributed by atoms with Gasteiger partial charge < -0.3 is 0 Å². The average Bonchev–Trinajstić information content (AvgIpc) is 2.70. The van der Waals surface area contributed by atoms with Crippen LogP contribution in [-0.4, -0.2) is 9.78 Å². The largest absolute Gasteiger partial charge is 0.282 e. The van der Waals surface area contributed by atoms with Crippen molar-refractivity contribution in [3.8, 4) is 11.1 Å². The summed E-state index contributed by atoms with van der Waals surface area (Å²) < 4.78 is 41.0. The maximum absolute atomic E-state index is 13.9. The number of aryl methyl sites for hydroxylation is 1. The molecule has 19 heavy (non-hydrogen) atoms. The van der Waals surface area contributed by atoms with Crippen molar-refractivity contribution in [3.05, 3.63) is 41.5 Å². The zero-order valence-electron chi connectivity index (χ0n) is 11.0. The highest BCUT2D eigenvalue weighted by atomic mass is 19.3. The predicted molar refractivity (Wildman–Crippen MR) is 67.6 cm³/mol. The fourth-order valence-electron chi connectivity index (χ4n) is 2.05. The molecule has 0 fully saturated rings. The number of halogens is 3. The molecule has 0 aliphatic heterocycles. The second kappa shape index (κ2) is 5.07. The summed E-state index contributed by atoms with van der Waals surface area (Å²) in [4.78, 5) is 0. The van der Waals surface area contributed by atoms with Gasteiger partial charge in [0, 0.05) is 18.8 Å². The molecule has 0 unspecified atom stereocenters. The first-order chi connectivity index (χ1) is 8.90. The van der Waals surface area contributed by atoms with Crippen LogP contribution < -0.4 is 0 Å². The quantitative estimate of drug-likeness (QED) is 0.812. The van der Waals surface area contributed by atoms with E-state index in [2.05, 4.69) is 5.10 Å². The number of hydrogen-bond acceptors (Lipinski definition) is 1. The molecular formula is C14H15F3N2. The molecule has 2 rings (SSSR count). The molecule has 0 atom stereocenters. The van der Waals surface area contributed by atoms with Crippen LogP contribution in [0.4, 0.5) is 13.2 Å². The van der Waals surface area contributed by atoms with Crippen molar-refractivity contribution >= 4 is 0 Å². The highest BCUT2D eigenvalue weighted by molar-refractivity contribution is 5.66. The molecule has 0 aliphatic rings. The Hall–Kier alpha value is -1.78. The monoisotopic (exact) mass is 268 g/mol. The van der Waals surface area contributed by atoms with Crippen LogP contribution in [0.25, 0.3) is 11.1 Å². The standard InChI is InChI=1S/C14H15F3N2/c1-8(2)10-5-4-9(6-12(10)15)11-7-19(3)18-13(11)14(16)17/h4-8,14H,1-3H3. The van der Waals surface area contributed by atoms with Crippen LogP contribution in [0.1, 0.15) is 37.4 Å². The molecule has 5 heteroatoms. The minimum absolute atomic E-state index is 0.0533. The molecule has 0 spiro atoms. The third kappa shape index (κ3) is 2.64. The van der Waals surface area contributed by atoms with Crippen molar-refractivity contribution in [2.24, 2.45) is 7.05 Å². The highest BCUT2D eigenvalue weighted by Gasteiger charge is 2.19. The Morgan fingerprint density at radius 1 is 1.21 bits per heavy atom. The predicted octanol–water partition coefficient (Wildman–Crippen LogP) is 4.29. The van der Waals surface area contributed by atoms with Gasteiger partial charge in [-0.1, -0.05) is 26.0 Å². The van der Waals surface area contributed by atoms with Gasteiger partial charge in [-0.25, -0.2) is 13.2 Å². The zero-order valence-corrected chi connectivity index (χ0v) is 11.0. The molecule has 0 amide bonds. The summed E-state index contributed by atoms with van der Waals surface area (Å²) in [7, 11) is 1.56. The van der Waals surface area contributed by atoms with Crippen LogP contribution in [0.5, 0.6) is 0 Å². The molecule has 0 bridgehead atoms. The Morgan fingerprint density at radius 3 is 2.42 bits per heavy atom. The first kappa shape index (κ1) is 13.6. The van der Waals surface area contributed by atoms with E-state index in [1.54, 1.807) is 19.2 Å². The lowest BCUT2D eigenvalue weighted by Crippen LogP contribution is -1.94. The second-order valence-electron chi connectivity index (χ2n) is 4.79. The van der Waals surface area contributed by atoms with Crippen LogP contribution in [-0.2, 0) is 7.05 Å². The SMILES string of the molecule is CC(C)c1ccc(-c2cn(C)nc2C(F)F)cc1F. The van der Waals surface area contributed by atoms with Gasteiger partial charge in [-0.15, -0.1) is 0 Å². The molecule has 0 radical (unpaired) electrons. The van der Waals surface area contributed by atoms with E-state index >= 15 is 0 Å². The Kier molecular flexibility index (Phi) is 3.64. The second-order valence-corrected chi connectivity index (χ2v) is 4.79. The molecule has 2 aromatic rings. The Labute approximate surface area is 109 Å². The van der Waals surface area contributed by atoms with Gasteiger partial charge in [0.2, 0.25) is 0 Å². The van der Waals surface area contributed by atoms with E-state index in [1.165, 1.54) is 16.9 Å². The smallest absolute Gasteiger partial charge is 0.275 e. The maximum atomic E-state index is 13.9. The number of rotatable bonds is 3. The third-order valence-electron chi connectivity index (χ3n) is 3.00. The Balaban J connectivity index is 2.51. The van der Waals surface area contributed by atoms with Crippen molar-refractivity contribution in [1.82, 2.24) is 9.78 Å². The molecule has 0 saturated carbocycles. The maximum Gasteiger partial charge on any atom is 0.282 e. The first-order valence-corrected chi connectivity index (χ1v) is 6.01. The van der Waals surface area contributed by atoms with E-state index in [9.17, 15) is 13.2 Å². The number of alkyl halides is 2. The van der Waals surface area contributed by atoms with Gasteiger partial charge in [-0.3, -0.25) is 4.68 Å². The molecule has 102 valence electrons. The molecule has 1 heterocycles. The zero-order chi connectivity index (χ0) is 14.2. The van der Waals surface area contributed by atoms with Crippen molar-refractivity contribution in [3.63, 3.8) is 0 Å². The minimum atomic E-state index is -2.68. The van der Waals surface area contributed by atoms with E-state index in [-0.39, 0.29) is 23.0 Å². The summed E-state index contributed by atoms with van der Waals surface area (Å²) in [6, 6.07) is 4.58. The number of nitrogens with zero attached hydrogens (tertiary/aromatic N) is 2. The van der Waals surface area contributed by atoms with E-state index in [1.807, 2.05) is 13.8 Å². The van der Waals surface area contributed by atoms with Gasteiger partial charge >= 0.3 is 0 Å². The number of benzene rings is 1. The number of hydrogen-bond donors (Lipinski definition) is 0. The molecular weight excluding hydrogens is 253 g/mol. The summed E-state index contributed by atoms with van der Waals surface area (Å²) in [6.07, 6.45) is -1.20. The Bertz CT molecular complexity index is 588. The van der Waals surface area contributed by atoms with Gasteiger partial charge in [0.05, 0.1) is 0 Å². The van der Waals surface area contributed by atoms with Gasteiger partial charge in [0.15, 0.2) is 0 Å². The van der Waals surface area contributed by atoms with Gasteiger partial charge in [-0.05, 0) is 23.1 Å². The van der Waals surface area contributed by atoms with Crippen LogP contribution >= 0.6 is 0 Å². The highest BCUT2D eigenvalue weighted by Crippen LogP contribution is 2.31. The van der Waals surface area contributed by atoms with Gasteiger partial charge in [-0.2, -0.15) is 5.10 Å². The summed E-state index contributed by atoms with van der Waals surface area (Å²) in [5, 5.41) is 3.72. The van der Waals surface area contributed by atoms with Crippen LogP contribution in [0, 0.1) is 5.82 Å². The normalized spacial score (nSPS) is 11.6. The van der Waals surface area contributed by atoms with Crippen LogP contribution in [0.2, 0.25) is 0 Å². The number of aromatic nitrogens is 2. The van der Waals surface area contributed by atoms with Gasteiger partial charge in [0.25, 0.3) is 6.43 Å². The molecule has 1 aromatic carbocycles. The molecule has 0 saturated heterocycles. The van der Waals surface area contributed by atoms with Crippen molar-refractivity contribution in [1.29, 1.82) is 0 Å².